The molecule has 0 spiro atoms. The van der Waals surface area contributed by atoms with Gasteiger partial charge in [0.1, 0.15) is 6.33 Å². The fraction of sp³-hybridized carbons (Fsp3) is 0.433. The third-order valence-electron chi connectivity index (χ3n) is 7.95. The minimum absolute atomic E-state index is 0.0369. The molecule has 0 bridgehead atoms. The van der Waals surface area contributed by atoms with Crippen LogP contribution in [0.4, 0.5) is 24.7 Å². The number of carbonyl (C=O) groups excluding carboxylic acids is 1. The number of hydrogen-bond donors (Lipinski definition) is 1. The summed E-state index contributed by atoms with van der Waals surface area (Å²) in [6.45, 7) is 3.05. The quantitative estimate of drug-likeness (QED) is 0.408. The van der Waals surface area contributed by atoms with Crippen molar-refractivity contribution in [2.24, 2.45) is 11.7 Å². The average Bonchev–Trinajstić information content (AvgIpc) is 3.42. The van der Waals surface area contributed by atoms with Crippen molar-refractivity contribution in [2.75, 3.05) is 29.4 Å². The largest absolute Gasteiger partial charge is 0.371 e. The molecule has 1 amide bonds. The smallest absolute Gasteiger partial charge is 0.270 e. The summed E-state index contributed by atoms with van der Waals surface area (Å²) in [7, 11) is 0. The van der Waals surface area contributed by atoms with Crippen molar-refractivity contribution in [1.29, 1.82) is 0 Å². The van der Waals surface area contributed by atoms with Gasteiger partial charge in [0, 0.05) is 37.8 Å². The fourth-order valence-corrected chi connectivity index (χ4v) is 5.71. The molecular weight excluding hydrogens is 503 g/mol. The van der Waals surface area contributed by atoms with E-state index in [1.165, 1.54) is 18.5 Å². The summed E-state index contributed by atoms with van der Waals surface area (Å²) in [5, 5.41) is 0. The fourth-order valence-electron chi connectivity index (χ4n) is 5.71. The van der Waals surface area contributed by atoms with Crippen LogP contribution in [-0.2, 0) is 23.6 Å². The third-order valence-corrected chi connectivity index (χ3v) is 7.95. The number of carbonyl (C=O) groups is 1. The molecule has 2 aromatic carbocycles. The first-order chi connectivity index (χ1) is 18.7. The first kappa shape index (κ1) is 27.0. The highest BCUT2D eigenvalue weighted by molar-refractivity contribution is 5.77. The number of primary amides is 1. The second kappa shape index (κ2) is 11.2. The Morgan fingerprint density at radius 2 is 1.72 bits per heavy atom. The number of amides is 1. The summed E-state index contributed by atoms with van der Waals surface area (Å²) >= 11 is 0. The van der Waals surface area contributed by atoms with Crippen molar-refractivity contribution in [3.63, 3.8) is 0 Å². The highest BCUT2D eigenvalue weighted by atomic mass is 19.3. The van der Waals surface area contributed by atoms with Gasteiger partial charge in [-0.1, -0.05) is 36.4 Å². The van der Waals surface area contributed by atoms with Gasteiger partial charge < -0.3 is 15.5 Å². The lowest BCUT2D eigenvalue weighted by molar-refractivity contribution is -0.122. The number of anilines is 2. The van der Waals surface area contributed by atoms with Crippen LogP contribution >= 0.6 is 0 Å². The second-order valence-electron chi connectivity index (χ2n) is 10.7. The summed E-state index contributed by atoms with van der Waals surface area (Å²) in [6.07, 6.45) is 5.86. The van der Waals surface area contributed by atoms with Crippen LogP contribution in [-0.4, -0.2) is 35.5 Å². The molecule has 1 aromatic heterocycles. The van der Waals surface area contributed by atoms with Gasteiger partial charge >= 0.3 is 0 Å². The molecule has 6 nitrogen and oxygen atoms in total. The first-order valence-electron chi connectivity index (χ1n) is 13.6. The molecule has 0 aliphatic carbocycles. The number of benzene rings is 2. The van der Waals surface area contributed by atoms with Crippen molar-refractivity contribution in [3.8, 4) is 0 Å². The van der Waals surface area contributed by atoms with Gasteiger partial charge in [-0.2, -0.15) is 0 Å². The Hall–Kier alpha value is -3.62. The molecule has 9 heteroatoms. The molecule has 2 fully saturated rings. The van der Waals surface area contributed by atoms with Crippen molar-refractivity contribution in [2.45, 2.75) is 57.4 Å². The van der Waals surface area contributed by atoms with Crippen molar-refractivity contribution >= 4 is 17.4 Å². The average molecular weight is 538 g/mol. The van der Waals surface area contributed by atoms with E-state index in [0.29, 0.717) is 31.6 Å². The zero-order chi connectivity index (χ0) is 27.6. The molecule has 0 saturated carbocycles. The first-order valence-corrected chi connectivity index (χ1v) is 13.6. The molecule has 2 saturated heterocycles. The van der Waals surface area contributed by atoms with Gasteiger partial charge in [-0.15, -0.1) is 0 Å². The Bertz CT molecular complexity index is 1290. The zero-order valence-corrected chi connectivity index (χ0v) is 22.1. The van der Waals surface area contributed by atoms with Crippen LogP contribution < -0.4 is 15.5 Å². The predicted octanol–water partition coefficient (Wildman–Crippen LogP) is 5.56. The minimum Gasteiger partial charge on any atom is -0.371 e. The van der Waals surface area contributed by atoms with E-state index < -0.39 is 11.7 Å². The van der Waals surface area contributed by atoms with Gasteiger partial charge in [0.15, 0.2) is 11.6 Å². The van der Waals surface area contributed by atoms with Crippen molar-refractivity contribution < 1.29 is 18.0 Å². The van der Waals surface area contributed by atoms with Crippen LogP contribution in [0.25, 0.3) is 0 Å². The summed E-state index contributed by atoms with van der Waals surface area (Å²) in [5.41, 5.74) is 8.82. The molecule has 2 aliphatic rings. The molecule has 3 aromatic rings. The summed E-state index contributed by atoms with van der Waals surface area (Å²) < 4.78 is 42.9. The van der Waals surface area contributed by atoms with E-state index in [4.69, 9.17) is 5.73 Å². The van der Waals surface area contributed by atoms with Gasteiger partial charge in [-0.25, -0.2) is 23.1 Å². The summed E-state index contributed by atoms with van der Waals surface area (Å²) in [4.78, 5) is 24.2. The number of rotatable bonds is 8. The van der Waals surface area contributed by atoms with E-state index in [2.05, 4.69) is 14.9 Å². The Kier molecular flexibility index (Phi) is 7.77. The molecular formula is C30H34F3N5O. The lowest BCUT2D eigenvalue weighted by Gasteiger charge is -2.33. The molecule has 206 valence electrons. The van der Waals surface area contributed by atoms with Gasteiger partial charge in [-0.05, 0) is 61.8 Å². The van der Waals surface area contributed by atoms with E-state index in [1.54, 1.807) is 12.1 Å². The van der Waals surface area contributed by atoms with Gasteiger partial charge in [0.05, 0.1) is 17.7 Å². The monoisotopic (exact) mass is 537 g/mol. The topological polar surface area (TPSA) is 75.3 Å². The Balaban J connectivity index is 1.25. The van der Waals surface area contributed by atoms with Gasteiger partial charge in [0.25, 0.3) is 5.92 Å². The number of nitrogens with zero attached hydrogens (tertiary/aromatic N) is 4. The highest BCUT2D eigenvalue weighted by Crippen LogP contribution is 2.38. The number of alkyl halides is 2. The SMILES string of the molecule is CC(F)(F)c1ccc(C2CCCN2c2ncnc(CCc3ccc(N4CCCC(C(N)=O)C4)cc3)c2F)cc1. The summed E-state index contributed by atoms with van der Waals surface area (Å²) in [6, 6.07) is 14.3. The van der Waals surface area contributed by atoms with Crippen LogP contribution in [0.5, 0.6) is 0 Å². The standard InChI is InChI=1S/C30H34F3N5O/c1-30(32,33)23-11-9-21(10-12-23)26-5-3-17-38(26)29-27(31)25(35-19-36-29)15-8-20-6-13-24(14-7-20)37-16-2-4-22(18-37)28(34)39/h6-7,9-14,19,22,26H,2-5,8,15-18H2,1H3,(H2,34,39). The van der Waals surface area contributed by atoms with Crippen molar-refractivity contribution in [3.05, 3.63) is 83.1 Å². The van der Waals surface area contributed by atoms with Crippen LogP contribution in [0.1, 0.15) is 61.0 Å². The van der Waals surface area contributed by atoms with E-state index in [1.807, 2.05) is 29.2 Å². The normalized spacial score (nSPS) is 19.9. The molecule has 0 radical (unpaired) electrons. The molecule has 2 unspecified atom stereocenters. The molecule has 39 heavy (non-hydrogen) atoms. The number of aromatic nitrogens is 2. The van der Waals surface area contributed by atoms with Crippen molar-refractivity contribution in [1.82, 2.24) is 9.97 Å². The van der Waals surface area contributed by atoms with Crippen LogP contribution in [0.2, 0.25) is 0 Å². The minimum atomic E-state index is -2.90. The highest BCUT2D eigenvalue weighted by Gasteiger charge is 2.31. The van der Waals surface area contributed by atoms with Crippen LogP contribution in [0.15, 0.2) is 54.9 Å². The molecule has 2 aliphatic heterocycles. The Morgan fingerprint density at radius 3 is 2.41 bits per heavy atom. The number of halogens is 3. The Labute approximate surface area is 227 Å². The number of piperidine rings is 1. The maximum atomic E-state index is 15.6. The van der Waals surface area contributed by atoms with Gasteiger partial charge in [0.2, 0.25) is 5.91 Å². The maximum absolute atomic E-state index is 15.6. The Morgan fingerprint density at radius 1 is 1.00 bits per heavy atom. The van der Waals surface area contributed by atoms with Crippen LogP contribution in [0, 0.1) is 11.7 Å². The van der Waals surface area contributed by atoms with Crippen LogP contribution in [0.3, 0.4) is 0 Å². The van der Waals surface area contributed by atoms with E-state index in [-0.39, 0.29) is 29.2 Å². The van der Waals surface area contributed by atoms with Gasteiger partial charge in [-0.3, -0.25) is 4.79 Å². The molecule has 2 atom stereocenters. The van der Waals surface area contributed by atoms with E-state index in [0.717, 1.165) is 56.0 Å². The number of hydrogen-bond acceptors (Lipinski definition) is 5. The lowest BCUT2D eigenvalue weighted by atomic mass is 9.97. The number of nitrogens with two attached hydrogens (primary N) is 1. The zero-order valence-electron chi connectivity index (χ0n) is 22.1. The molecule has 5 rings (SSSR count). The second-order valence-corrected chi connectivity index (χ2v) is 10.7. The maximum Gasteiger partial charge on any atom is 0.270 e. The molecule has 3 heterocycles. The third kappa shape index (κ3) is 6.02. The summed E-state index contributed by atoms with van der Waals surface area (Å²) in [5.74, 6) is -3.44. The molecule has 2 N–H and O–H groups in total. The lowest BCUT2D eigenvalue weighted by Crippen LogP contribution is -2.41. The van der Waals surface area contributed by atoms with E-state index >= 15 is 4.39 Å². The predicted molar refractivity (Wildman–Crippen MR) is 145 cm³/mol. The van der Waals surface area contributed by atoms with E-state index in [9.17, 15) is 13.6 Å². The number of aryl methyl sites for hydroxylation is 2.